The van der Waals surface area contributed by atoms with Gasteiger partial charge in [-0.3, -0.25) is 0 Å². The summed E-state index contributed by atoms with van der Waals surface area (Å²) < 4.78 is 1.34. The van der Waals surface area contributed by atoms with Gasteiger partial charge in [0.2, 0.25) is 0 Å². The van der Waals surface area contributed by atoms with Crippen LogP contribution in [-0.2, 0) is 0 Å². The molecule has 0 amide bonds. The average molecular weight is 301 g/mol. The van der Waals surface area contributed by atoms with Gasteiger partial charge >= 0.3 is 0 Å². The summed E-state index contributed by atoms with van der Waals surface area (Å²) >= 11 is 2.40. The maximum atomic E-state index is 9.17. The summed E-state index contributed by atoms with van der Waals surface area (Å²) in [6.07, 6.45) is 2.62. The normalized spacial score (nSPS) is 16.3. The molecule has 2 rings (SSSR count). The third kappa shape index (κ3) is 1.96. The standard InChI is InChI=1S/C12H14IO/c1-8(7-14)10-3-2-4-11(13)12(10)9-5-6-9/h2-4,9,14H,5-7H2,1H3. The number of benzene rings is 1. The fourth-order valence-electron chi connectivity index (χ4n) is 1.78. The van der Waals surface area contributed by atoms with E-state index in [4.69, 9.17) is 5.11 Å². The highest BCUT2D eigenvalue weighted by molar-refractivity contribution is 14.1. The molecule has 0 atom stereocenters. The van der Waals surface area contributed by atoms with Crippen LogP contribution in [-0.4, -0.2) is 11.7 Å². The smallest absolute Gasteiger partial charge is 0.0534 e. The van der Waals surface area contributed by atoms with Gasteiger partial charge in [-0.2, -0.15) is 0 Å². The van der Waals surface area contributed by atoms with Crippen molar-refractivity contribution in [2.75, 3.05) is 6.61 Å². The molecular weight excluding hydrogens is 287 g/mol. The van der Waals surface area contributed by atoms with Crippen LogP contribution in [0.3, 0.4) is 0 Å². The molecule has 1 aromatic carbocycles. The van der Waals surface area contributed by atoms with E-state index < -0.39 is 0 Å². The largest absolute Gasteiger partial charge is 0.395 e. The van der Waals surface area contributed by atoms with E-state index in [0.29, 0.717) is 0 Å². The van der Waals surface area contributed by atoms with E-state index in [0.717, 1.165) is 11.8 Å². The van der Waals surface area contributed by atoms with Gasteiger partial charge in [-0.1, -0.05) is 19.1 Å². The zero-order valence-corrected chi connectivity index (χ0v) is 10.4. The molecule has 0 saturated heterocycles. The molecule has 0 heterocycles. The number of hydrogen-bond donors (Lipinski definition) is 1. The molecule has 1 nitrogen and oxygen atoms in total. The van der Waals surface area contributed by atoms with Crippen molar-refractivity contribution in [2.45, 2.75) is 25.7 Å². The van der Waals surface area contributed by atoms with Gasteiger partial charge < -0.3 is 5.11 Å². The van der Waals surface area contributed by atoms with Crippen LogP contribution in [0.4, 0.5) is 0 Å². The van der Waals surface area contributed by atoms with E-state index in [2.05, 4.69) is 40.8 Å². The first kappa shape index (κ1) is 10.4. The van der Waals surface area contributed by atoms with E-state index >= 15 is 0 Å². The Morgan fingerprint density at radius 1 is 1.50 bits per heavy atom. The quantitative estimate of drug-likeness (QED) is 0.851. The number of halogens is 1. The Bertz CT molecular complexity index is 331. The fraction of sp³-hybridized carbons (Fsp3) is 0.417. The lowest BCUT2D eigenvalue weighted by atomic mass is 9.94. The van der Waals surface area contributed by atoms with Crippen molar-refractivity contribution in [3.05, 3.63) is 38.8 Å². The lowest BCUT2D eigenvalue weighted by Crippen LogP contribution is -2.05. The number of aliphatic hydroxyl groups excluding tert-OH is 1. The first-order valence-corrected chi connectivity index (χ1v) is 6.04. The molecular formula is C12H14IO. The zero-order valence-electron chi connectivity index (χ0n) is 8.26. The molecule has 1 radical (unpaired) electrons. The molecule has 1 aromatic rings. The third-order valence-corrected chi connectivity index (χ3v) is 3.68. The van der Waals surface area contributed by atoms with Crippen LogP contribution in [0.1, 0.15) is 36.8 Å². The maximum absolute atomic E-state index is 9.17. The Hall–Kier alpha value is -0.0900. The Morgan fingerprint density at radius 3 is 2.79 bits per heavy atom. The van der Waals surface area contributed by atoms with E-state index in [9.17, 15) is 0 Å². The summed E-state index contributed by atoms with van der Waals surface area (Å²) in [5.74, 6) is 1.84. The molecule has 75 valence electrons. The van der Waals surface area contributed by atoms with Crippen molar-refractivity contribution in [1.29, 1.82) is 0 Å². The average Bonchev–Trinajstić information content (AvgIpc) is 3.00. The predicted molar refractivity (Wildman–Crippen MR) is 66.2 cm³/mol. The molecule has 1 aliphatic rings. The molecule has 0 aromatic heterocycles. The Labute approximate surface area is 98.7 Å². The van der Waals surface area contributed by atoms with Crippen molar-refractivity contribution in [3.63, 3.8) is 0 Å². The molecule has 0 bridgehead atoms. The summed E-state index contributed by atoms with van der Waals surface area (Å²) in [7, 11) is 0. The Kier molecular flexibility index (Phi) is 3.12. The van der Waals surface area contributed by atoms with Gasteiger partial charge in [0.15, 0.2) is 0 Å². The van der Waals surface area contributed by atoms with Crippen LogP contribution in [0.5, 0.6) is 0 Å². The van der Waals surface area contributed by atoms with Gasteiger partial charge in [-0.15, -0.1) is 0 Å². The SMILES string of the molecule is C[C](CO)c1cccc(I)c1C1CC1. The first-order chi connectivity index (χ1) is 6.74. The molecule has 1 N–H and O–H groups in total. The van der Waals surface area contributed by atoms with Crippen LogP contribution in [0, 0.1) is 9.49 Å². The van der Waals surface area contributed by atoms with E-state index in [1.54, 1.807) is 0 Å². The van der Waals surface area contributed by atoms with E-state index in [1.165, 1.54) is 27.5 Å². The Balaban J connectivity index is 2.41. The van der Waals surface area contributed by atoms with Crippen LogP contribution in [0.25, 0.3) is 0 Å². The minimum Gasteiger partial charge on any atom is -0.395 e. The second kappa shape index (κ2) is 4.19. The topological polar surface area (TPSA) is 20.2 Å². The van der Waals surface area contributed by atoms with Gasteiger partial charge in [-0.05, 0) is 58.5 Å². The minimum absolute atomic E-state index is 0.166. The van der Waals surface area contributed by atoms with Crippen molar-refractivity contribution >= 4 is 22.6 Å². The number of aliphatic hydroxyl groups is 1. The predicted octanol–water partition coefficient (Wildman–Crippen LogP) is 3.10. The minimum atomic E-state index is 0.166. The fourth-order valence-corrected chi connectivity index (χ4v) is 2.72. The second-order valence-corrected chi connectivity index (χ2v) is 5.08. The molecule has 0 spiro atoms. The van der Waals surface area contributed by atoms with Gasteiger partial charge in [0.05, 0.1) is 6.61 Å². The van der Waals surface area contributed by atoms with Crippen molar-refractivity contribution in [2.24, 2.45) is 0 Å². The molecule has 1 fully saturated rings. The van der Waals surface area contributed by atoms with Crippen molar-refractivity contribution in [1.82, 2.24) is 0 Å². The van der Waals surface area contributed by atoms with Crippen molar-refractivity contribution < 1.29 is 5.11 Å². The molecule has 0 aliphatic heterocycles. The second-order valence-electron chi connectivity index (χ2n) is 3.91. The maximum Gasteiger partial charge on any atom is 0.0534 e. The highest BCUT2D eigenvalue weighted by Crippen LogP contribution is 2.45. The summed E-state index contributed by atoms with van der Waals surface area (Å²) in [5, 5.41) is 9.17. The van der Waals surface area contributed by atoms with Gasteiger partial charge in [-0.25, -0.2) is 0 Å². The van der Waals surface area contributed by atoms with Crippen molar-refractivity contribution in [3.8, 4) is 0 Å². The van der Waals surface area contributed by atoms with Crippen LogP contribution in [0.2, 0.25) is 0 Å². The molecule has 1 saturated carbocycles. The summed E-state index contributed by atoms with van der Waals surface area (Å²) in [5.41, 5.74) is 2.72. The van der Waals surface area contributed by atoms with Gasteiger partial charge in [0.25, 0.3) is 0 Å². The summed E-state index contributed by atoms with van der Waals surface area (Å²) in [6.45, 7) is 2.18. The van der Waals surface area contributed by atoms with E-state index in [-0.39, 0.29) is 6.61 Å². The number of hydrogen-bond acceptors (Lipinski definition) is 1. The highest BCUT2D eigenvalue weighted by Gasteiger charge is 2.29. The molecule has 2 heteroatoms. The zero-order chi connectivity index (χ0) is 10.1. The van der Waals surface area contributed by atoms with Crippen LogP contribution in [0.15, 0.2) is 18.2 Å². The third-order valence-electron chi connectivity index (χ3n) is 2.74. The van der Waals surface area contributed by atoms with Crippen LogP contribution >= 0.6 is 22.6 Å². The highest BCUT2D eigenvalue weighted by atomic mass is 127. The molecule has 14 heavy (non-hydrogen) atoms. The monoisotopic (exact) mass is 301 g/mol. The first-order valence-electron chi connectivity index (χ1n) is 4.96. The lowest BCUT2D eigenvalue weighted by molar-refractivity contribution is 0.314. The van der Waals surface area contributed by atoms with Gasteiger partial charge in [0, 0.05) is 9.49 Å². The van der Waals surface area contributed by atoms with Crippen LogP contribution < -0.4 is 0 Å². The molecule has 0 unspecified atom stereocenters. The Morgan fingerprint density at radius 2 is 2.21 bits per heavy atom. The molecule has 1 aliphatic carbocycles. The summed E-state index contributed by atoms with van der Waals surface area (Å²) in [4.78, 5) is 0. The van der Waals surface area contributed by atoms with Gasteiger partial charge in [0.1, 0.15) is 0 Å². The summed E-state index contributed by atoms with van der Waals surface area (Å²) in [6, 6.07) is 6.35. The lowest BCUT2D eigenvalue weighted by Gasteiger charge is -2.14. The number of rotatable bonds is 3. The van der Waals surface area contributed by atoms with E-state index in [1.807, 2.05) is 6.92 Å².